The zero-order chi connectivity index (χ0) is 35.7. The minimum atomic E-state index is 0.646. The summed E-state index contributed by atoms with van der Waals surface area (Å²) >= 11 is 0. The van der Waals surface area contributed by atoms with Crippen molar-refractivity contribution in [2.45, 2.75) is 163 Å². The van der Waals surface area contributed by atoms with Crippen LogP contribution >= 0.6 is 0 Å². The van der Waals surface area contributed by atoms with E-state index in [0.29, 0.717) is 24.0 Å². The Morgan fingerprint density at radius 2 is 1.02 bits per heavy atom. The van der Waals surface area contributed by atoms with E-state index in [-0.39, 0.29) is 0 Å². The van der Waals surface area contributed by atoms with Crippen LogP contribution in [0.2, 0.25) is 17.5 Å². The van der Waals surface area contributed by atoms with Crippen LogP contribution in [0.4, 0.5) is 17.1 Å². The van der Waals surface area contributed by atoms with E-state index in [9.17, 15) is 0 Å². The summed E-state index contributed by atoms with van der Waals surface area (Å²) in [4.78, 5) is 9.38. The third-order valence-corrected chi connectivity index (χ3v) is 20.3. The summed E-state index contributed by atoms with van der Waals surface area (Å²) in [7, 11) is 0. The summed E-state index contributed by atoms with van der Waals surface area (Å²) in [5.74, 6) is 14.3. The zero-order valence-electron chi connectivity index (χ0n) is 34.8. The summed E-state index contributed by atoms with van der Waals surface area (Å²) in [5, 5.41) is 0. The van der Waals surface area contributed by atoms with Gasteiger partial charge in [-0.2, -0.15) is 0 Å². The van der Waals surface area contributed by atoms with Crippen LogP contribution in [0.3, 0.4) is 0 Å². The molecule has 4 saturated heterocycles. The number of piperidine rings is 2. The molecule has 1 aromatic carbocycles. The van der Waals surface area contributed by atoms with Gasteiger partial charge in [-0.25, -0.2) is 0 Å². The number of rotatable bonds is 0. The molecule has 0 N–H and O–H groups in total. The number of nitrogens with zero attached hydrogens (tertiary/aromatic N) is 3. The first kappa shape index (κ1) is 34.2. The highest BCUT2D eigenvalue weighted by atomic mass is 15.3. The third kappa shape index (κ3) is 4.43. The Balaban J connectivity index is 1.13. The van der Waals surface area contributed by atoms with Gasteiger partial charge in [-0.15, -0.1) is 0 Å². The summed E-state index contributed by atoms with van der Waals surface area (Å²) < 4.78 is 0. The van der Waals surface area contributed by atoms with E-state index in [4.69, 9.17) is 0 Å². The molecule has 0 radical (unpaired) electrons. The average molecular weight is 692 g/mol. The molecule has 9 aliphatic rings. The molecule has 4 unspecified atom stereocenters. The lowest BCUT2D eigenvalue weighted by Gasteiger charge is -2.55. The SMILES string of the molecule is CC1C2C(CN3c4c(c5c(c6c4[C@@H](C)[C@H]4CC7[C@@H](C)[C@@H](C)C[C@@H](C)[C@H]7CN64)C[C@H]4[C@@H](C)B6[C@@H](C)[C@@H](C)C[C@@H](C)[C@H]6CN54)C[C@H]3[C@H]2C)[C@H](C)C[C@@H]1C. The number of benzene rings is 1. The maximum Gasteiger partial charge on any atom is 0.154 e. The number of hydrogen-bond acceptors (Lipinski definition) is 3. The second kappa shape index (κ2) is 11.6. The molecule has 7 heterocycles. The van der Waals surface area contributed by atoms with Gasteiger partial charge in [0.25, 0.3) is 0 Å². The number of anilines is 3. The molecule has 0 spiro atoms. The second-order valence-corrected chi connectivity index (χ2v) is 22.2. The molecule has 10 rings (SSSR count). The monoisotopic (exact) mass is 692 g/mol. The summed E-state index contributed by atoms with van der Waals surface area (Å²) in [6, 6.07) is 2.07. The highest BCUT2D eigenvalue weighted by Gasteiger charge is 2.60. The molecular weight excluding hydrogens is 617 g/mol. The van der Waals surface area contributed by atoms with Crippen LogP contribution in [0.5, 0.6) is 0 Å². The standard InChI is InChI=1S/C47H74BN3/c1-22-13-25(4)37-19-49-40(16-34(37)28(22)7)31(10)44-46-35(17-41-30(9)43-29(8)23(2)14-26(5)38(43)20-50(41)46)45-36(47(44)49)18-42-33(12)48-32(11)24(3)15-27(6)39(48)21-51(42)45/h22-34,37-43H,13-21H2,1-12H3/t22-,23-,24-,25+,26+,27+,28-,29?,30+,31-,32-,33+,34?,37+,38?,39+,40+,41-,42-,43?/m0/s1. The highest BCUT2D eigenvalue weighted by molar-refractivity contribution is 6.64. The Bertz CT molecular complexity index is 1570. The average Bonchev–Trinajstić information content (AvgIpc) is 3.74. The predicted octanol–water partition coefficient (Wildman–Crippen LogP) is 10.9. The van der Waals surface area contributed by atoms with Gasteiger partial charge >= 0.3 is 0 Å². The van der Waals surface area contributed by atoms with Crippen LogP contribution in [-0.2, 0) is 12.8 Å². The molecule has 51 heavy (non-hydrogen) atoms. The quantitative estimate of drug-likeness (QED) is 0.251. The predicted molar refractivity (Wildman–Crippen MR) is 219 cm³/mol. The molecule has 1 aromatic rings. The molecular formula is C47H74BN3. The van der Waals surface area contributed by atoms with Crippen molar-refractivity contribution in [2.24, 2.45) is 76.9 Å². The Kier molecular flexibility index (Phi) is 7.78. The summed E-state index contributed by atoms with van der Waals surface area (Å²) in [6.07, 6.45) is 8.35. The molecule has 0 bridgehead atoms. The van der Waals surface area contributed by atoms with Gasteiger partial charge < -0.3 is 14.7 Å². The van der Waals surface area contributed by atoms with Crippen LogP contribution in [-0.4, -0.2) is 44.5 Å². The lowest BCUT2D eigenvalue weighted by Crippen LogP contribution is -2.57. The first-order chi connectivity index (χ1) is 24.3. The number of fused-ring (bicyclic) bond motifs is 15. The van der Waals surface area contributed by atoms with E-state index in [1.807, 2.05) is 16.7 Å². The van der Waals surface area contributed by atoms with Gasteiger partial charge in [0.1, 0.15) is 0 Å². The van der Waals surface area contributed by atoms with Gasteiger partial charge in [-0.1, -0.05) is 88.9 Å². The molecule has 6 fully saturated rings. The van der Waals surface area contributed by atoms with E-state index in [2.05, 4.69) is 97.8 Å². The van der Waals surface area contributed by atoms with E-state index >= 15 is 0 Å². The van der Waals surface area contributed by atoms with Gasteiger partial charge in [-0.05, 0) is 127 Å². The number of hydrogen-bond donors (Lipinski definition) is 0. The van der Waals surface area contributed by atoms with E-state index in [1.54, 1.807) is 17.1 Å². The van der Waals surface area contributed by atoms with Crippen LogP contribution < -0.4 is 14.7 Å². The fourth-order valence-electron chi connectivity index (χ4n) is 17.2. The van der Waals surface area contributed by atoms with Gasteiger partial charge in [0.2, 0.25) is 0 Å². The Labute approximate surface area is 313 Å². The summed E-state index contributed by atoms with van der Waals surface area (Å²) in [5.41, 5.74) is 10.9. The first-order valence-electron chi connectivity index (χ1n) is 22.8. The fraction of sp³-hybridized carbons (Fsp3) is 0.872. The molecule has 280 valence electrons. The van der Waals surface area contributed by atoms with Crippen molar-refractivity contribution in [3.63, 3.8) is 0 Å². The maximum absolute atomic E-state index is 3.13. The van der Waals surface area contributed by atoms with Crippen molar-refractivity contribution < 1.29 is 0 Å². The van der Waals surface area contributed by atoms with E-state index < -0.39 is 0 Å². The molecule has 0 aromatic heterocycles. The normalized spacial score (nSPS) is 52.2. The van der Waals surface area contributed by atoms with Crippen LogP contribution in [0.25, 0.3) is 0 Å². The topological polar surface area (TPSA) is 9.72 Å². The van der Waals surface area contributed by atoms with Gasteiger partial charge in [-0.3, -0.25) is 0 Å². The third-order valence-electron chi connectivity index (χ3n) is 20.3. The van der Waals surface area contributed by atoms with Crippen molar-refractivity contribution in [1.29, 1.82) is 0 Å². The Morgan fingerprint density at radius 1 is 0.451 bits per heavy atom. The largest absolute Gasteiger partial charge is 0.368 e. The molecule has 20 atom stereocenters. The van der Waals surface area contributed by atoms with Crippen molar-refractivity contribution >= 4 is 23.8 Å². The van der Waals surface area contributed by atoms with Gasteiger partial charge in [0, 0.05) is 77.4 Å². The second-order valence-electron chi connectivity index (χ2n) is 22.2. The molecule has 0 amide bonds. The van der Waals surface area contributed by atoms with E-state index in [0.717, 1.165) is 101 Å². The minimum absolute atomic E-state index is 0.646. The van der Waals surface area contributed by atoms with Crippen molar-refractivity contribution in [3.05, 3.63) is 16.7 Å². The van der Waals surface area contributed by atoms with Crippen LogP contribution in [0.15, 0.2) is 0 Å². The van der Waals surface area contributed by atoms with Gasteiger partial charge in [0.15, 0.2) is 6.71 Å². The minimum Gasteiger partial charge on any atom is -0.368 e. The van der Waals surface area contributed by atoms with Crippen molar-refractivity contribution in [3.8, 4) is 0 Å². The fourth-order valence-corrected chi connectivity index (χ4v) is 17.2. The summed E-state index contributed by atoms with van der Waals surface area (Å²) in [6.45, 7) is 36.5. The van der Waals surface area contributed by atoms with Crippen molar-refractivity contribution in [1.82, 2.24) is 0 Å². The smallest absolute Gasteiger partial charge is 0.154 e. The lowest BCUT2D eigenvalue weighted by atomic mass is 9.21. The van der Waals surface area contributed by atoms with Gasteiger partial charge in [0.05, 0.1) is 0 Å². The Morgan fingerprint density at radius 3 is 1.73 bits per heavy atom. The lowest BCUT2D eigenvalue weighted by molar-refractivity contribution is 0.000436. The van der Waals surface area contributed by atoms with Crippen LogP contribution in [0, 0.1) is 76.9 Å². The highest BCUT2D eigenvalue weighted by Crippen LogP contribution is 2.66. The first-order valence-corrected chi connectivity index (χ1v) is 22.8. The molecule has 7 aliphatic heterocycles. The molecule has 2 saturated carbocycles. The molecule has 3 nitrogen and oxygen atoms in total. The zero-order valence-corrected chi connectivity index (χ0v) is 34.8. The Hall–Kier alpha value is -1.32. The molecule has 2 aliphatic carbocycles. The molecule has 4 heteroatoms. The van der Waals surface area contributed by atoms with Crippen molar-refractivity contribution in [2.75, 3.05) is 34.3 Å². The maximum atomic E-state index is 3.13. The van der Waals surface area contributed by atoms with Crippen LogP contribution in [0.1, 0.15) is 131 Å². The van der Waals surface area contributed by atoms with E-state index in [1.165, 1.54) is 58.2 Å².